The molecule has 0 bridgehead atoms. The molecule has 0 saturated carbocycles. The molecule has 8 heteroatoms. The average Bonchev–Trinajstić information content (AvgIpc) is 3.12. The first-order chi connectivity index (χ1) is 11.9. The van der Waals surface area contributed by atoms with E-state index in [0.717, 1.165) is 23.5 Å². The monoisotopic (exact) mass is 362 g/mol. The van der Waals surface area contributed by atoms with Crippen LogP contribution < -0.4 is 5.32 Å². The smallest absolute Gasteiger partial charge is 0.235 e. The fraction of sp³-hybridized carbons (Fsp3) is 0.412. The second-order valence-corrected chi connectivity index (χ2v) is 8.29. The molecule has 1 aliphatic rings. The minimum atomic E-state index is -3.24. The zero-order valence-corrected chi connectivity index (χ0v) is 15.0. The summed E-state index contributed by atoms with van der Waals surface area (Å²) >= 11 is 0. The summed E-state index contributed by atoms with van der Waals surface area (Å²) in [5.74, 6) is 0.808. The number of carbonyl (C=O) groups excluding carboxylic acids is 1. The van der Waals surface area contributed by atoms with E-state index in [4.69, 9.17) is 0 Å². The van der Waals surface area contributed by atoms with E-state index in [2.05, 4.69) is 14.9 Å². The molecule has 0 aliphatic carbocycles. The number of hydrogen-bond donors (Lipinski definition) is 1. The Morgan fingerprint density at radius 1 is 1.32 bits per heavy atom. The number of imidazole rings is 1. The molecule has 1 amide bonds. The van der Waals surface area contributed by atoms with E-state index >= 15 is 0 Å². The minimum Gasteiger partial charge on any atom is -0.351 e. The largest absolute Gasteiger partial charge is 0.351 e. The maximum Gasteiger partial charge on any atom is 0.235 e. The van der Waals surface area contributed by atoms with Crippen LogP contribution in [-0.2, 0) is 27.9 Å². The van der Waals surface area contributed by atoms with Crippen LogP contribution in [0.15, 0.2) is 36.7 Å². The topological polar surface area (TPSA) is 84.3 Å². The lowest BCUT2D eigenvalue weighted by molar-refractivity contribution is -0.121. The van der Waals surface area contributed by atoms with Crippen molar-refractivity contribution in [2.75, 3.05) is 18.8 Å². The van der Waals surface area contributed by atoms with Gasteiger partial charge in [-0.15, -0.1) is 0 Å². The molecule has 7 nitrogen and oxygen atoms in total. The van der Waals surface area contributed by atoms with Crippen LogP contribution in [0.1, 0.15) is 23.4 Å². The van der Waals surface area contributed by atoms with Crippen molar-refractivity contribution in [3.8, 4) is 0 Å². The van der Waals surface area contributed by atoms with Crippen LogP contribution in [0, 0.1) is 6.92 Å². The van der Waals surface area contributed by atoms with Gasteiger partial charge in [-0.05, 0) is 24.5 Å². The van der Waals surface area contributed by atoms with Crippen LogP contribution >= 0.6 is 0 Å². The van der Waals surface area contributed by atoms with Gasteiger partial charge in [0.05, 0.1) is 12.3 Å². The van der Waals surface area contributed by atoms with E-state index in [1.165, 1.54) is 4.31 Å². The van der Waals surface area contributed by atoms with Crippen molar-refractivity contribution >= 4 is 15.9 Å². The SMILES string of the molecule is Cc1nccn1Cc1cccc(CNC(=O)CN2CCCS2(=O)=O)c1. The summed E-state index contributed by atoms with van der Waals surface area (Å²) in [7, 11) is -3.24. The summed E-state index contributed by atoms with van der Waals surface area (Å²) < 4.78 is 26.8. The number of aryl methyl sites for hydroxylation is 1. The number of aromatic nitrogens is 2. The Kier molecular flexibility index (Phi) is 5.19. The molecule has 0 atom stereocenters. The number of amides is 1. The highest BCUT2D eigenvalue weighted by molar-refractivity contribution is 7.89. The molecule has 1 N–H and O–H groups in total. The van der Waals surface area contributed by atoms with Crippen molar-refractivity contribution < 1.29 is 13.2 Å². The Bertz CT molecular complexity index is 860. The van der Waals surface area contributed by atoms with Gasteiger partial charge in [0.1, 0.15) is 5.82 Å². The Labute approximate surface area is 147 Å². The molecular weight excluding hydrogens is 340 g/mol. The van der Waals surface area contributed by atoms with Gasteiger partial charge in [-0.3, -0.25) is 4.79 Å². The van der Waals surface area contributed by atoms with Gasteiger partial charge >= 0.3 is 0 Å². The van der Waals surface area contributed by atoms with E-state index in [0.29, 0.717) is 19.5 Å². The molecule has 1 aliphatic heterocycles. The van der Waals surface area contributed by atoms with Crippen molar-refractivity contribution in [3.63, 3.8) is 0 Å². The van der Waals surface area contributed by atoms with Crippen molar-refractivity contribution in [2.45, 2.75) is 26.4 Å². The van der Waals surface area contributed by atoms with Crippen molar-refractivity contribution in [2.24, 2.45) is 0 Å². The van der Waals surface area contributed by atoms with Gasteiger partial charge in [-0.25, -0.2) is 13.4 Å². The van der Waals surface area contributed by atoms with Gasteiger partial charge in [0.25, 0.3) is 0 Å². The van der Waals surface area contributed by atoms with Crippen LogP contribution in [0.4, 0.5) is 0 Å². The third kappa shape index (κ3) is 4.46. The molecule has 2 heterocycles. The Balaban J connectivity index is 1.55. The molecule has 0 unspecified atom stereocenters. The lowest BCUT2D eigenvalue weighted by Crippen LogP contribution is -2.37. The number of nitrogens with zero attached hydrogens (tertiary/aromatic N) is 3. The Hall–Kier alpha value is -2.19. The minimum absolute atomic E-state index is 0.101. The molecule has 0 spiro atoms. The first-order valence-corrected chi connectivity index (χ1v) is 9.85. The maximum absolute atomic E-state index is 12.0. The summed E-state index contributed by atoms with van der Waals surface area (Å²) in [6.07, 6.45) is 4.29. The second kappa shape index (κ2) is 7.37. The summed E-state index contributed by atoms with van der Waals surface area (Å²) in [6, 6.07) is 7.96. The predicted octanol–water partition coefficient (Wildman–Crippen LogP) is 0.892. The zero-order valence-electron chi connectivity index (χ0n) is 14.2. The van der Waals surface area contributed by atoms with Crippen molar-refractivity contribution in [1.29, 1.82) is 0 Å². The Morgan fingerprint density at radius 2 is 2.12 bits per heavy atom. The first kappa shape index (κ1) is 17.6. The highest BCUT2D eigenvalue weighted by Gasteiger charge is 2.29. The van der Waals surface area contributed by atoms with Gasteiger partial charge in [-0.2, -0.15) is 4.31 Å². The standard InChI is InChI=1S/C17H22N4O3S/c1-14-18-6-8-20(14)12-16-5-2-4-15(10-16)11-19-17(22)13-21-7-3-9-25(21,23)24/h2,4-6,8,10H,3,7,9,11-13H2,1H3,(H,19,22). The van der Waals surface area contributed by atoms with Gasteiger partial charge in [-0.1, -0.05) is 24.3 Å². The summed E-state index contributed by atoms with van der Waals surface area (Å²) in [6.45, 7) is 3.38. The highest BCUT2D eigenvalue weighted by atomic mass is 32.2. The normalized spacial score (nSPS) is 16.8. The van der Waals surface area contributed by atoms with Gasteiger partial charge < -0.3 is 9.88 Å². The van der Waals surface area contributed by atoms with Gasteiger partial charge in [0, 0.05) is 32.0 Å². The molecule has 3 rings (SSSR count). The van der Waals surface area contributed by atoms with E-state index < -0.39 is 10.0 Å². The van der Waals surface area contributed by atoms with Crippen LogP contribution in [0.25, 0.3) is 0 Å². The predicted molar refractivity (Wildman–Crippen MR) is 94.3 cm³/mol. The lowest BCUT2D eigenvalue weighted by Gasteiger charge is -2.14. The maximum atomic E-state index is 12.0. The van der Waals surface area contributed by atoms with Crippen molar-refractivity contribution in [1.82, 2.24) is 19.2 Å². The molecule has 134 valence electrons. The van der Waals surface area contributed by atoms with Crippen LogP contribution in [0.5, 0.6) is 0 Å². The molecule has 0 radical (unpaired) electrons. The number of hydrogen-bond acceptors (Lipinski definition) is 4. The number of nitrogens with one attached hydrogen (secondary N) is 1. The van der Waals surface area contributed by atoms with Gasteiger partial charge in [0.15, 0.2) is 0 Å². The van der Waals surface area contributed by atoms with Crippen LogP contribution in [0.2, 0.25) is 0 Å². The molecule has 1 aromatic heterocycles. The zero-order chi connectivity index (χ0) is 17.9. The van der Waals surface area contributed by atoms with E-state index in [1.807, 2.05) is 37.4 Å². The molecule has 1 aromatic carbocycles. The highest BCUT2D eigenvalue weighted by Crippen LogP contribution is 2.12. The molecule has 25 heavy (non-hydrogen) atoms. The van der Waals surface area contributed by atoms with Crippen LogP contribution in [0.3, 0.4) is 0 Å². The second-order valence-electron chi connectivity index (χ2n) is 6.20. The quantitative estimate of drug-likeness (QED) is 0.827. The molecule has 2 aromatic rings. The number of rotatable bonds is 6. The van der Waals surface area contributed by atoms with E-state index in [1.54, 1.807) is 6.20 Å². The van der Waals surface area contributed by atoms with Crippen molar-refractivity contribution in [3.05, 3.63) is 53.6 Å². The number of benzene rings is 1. The summed E-state index contributed by atoms with van der Waals surface area (Å²) in [5.41, 5.74) is 2.10. The Morgan fingerprint density at radius 3 is 2.80 bits per heavy atom. The molecular formula is C17H22N4O3S. The summed E-state index contributed by atoms with van der Waals surface area (Å²) in [4.78, 5) is 16.2. The molecule has 1 fully saturated rings. The molecule has 1 saturated heterocycles. The van der Waals surface area contributed by atoms with Crippen LogP contribution in [-0.4, -0.2) is 47.0 Å². The number of sulfonamides is 1. The van der Waals surface area contributed by atoms with E-state index in [-0.39, 0.29) is 18.2 Å². The fourth-order valence-corrected chi connectivity index (χ4v) is 4.36. The third-order valence-corrected chi connectivity index (χ3v) is 6.18. The first-order valence-electron chi connectivity index (χ1n) is 8.24. The van der Waals surface area contributed by atoms with E-state index in [9.17, 15) is 13.2 Å². The summed E-state index contributed by atoms with van der Waals surface area (Å²) in [5, 5.41) is 2.80. The number of carbonyl (C=O) groups is 1. The fourth-order valence-electron chi connectivity index (χ4n) is 2.89. The average molecular weight is 362 g/mol. The third-order valence-electron chi connectivity index (χ3n) is 4.28. The lowest BCUT2D eigenvalue weighted by atomic mass is 10.1. The van der Waals surface area contributed by atoms with Gasteiger partial charge in [0.2, 0.25) is 15.9 Å².